The predicted molar refractivity (Wildman–Crippen MR) is 137 cm³/mol. The monoisotopic (exact) mass is 473 g/mol. The Morgan fingerprint density at radius 2 is 1.37 bits per heavy atom. The smallest absolute Gasteiger partial charge is 0.240 e. The van der Waals surface area contributed by atoms with Crippen molar-refractivity contribution in [2.24, 2.45) is 22.2 Å². The van der Waals surface area contributed by atoms with Crippen molar-refractivity contribution < 1.29 is 14.7 Å². The Hall–Kier alpha value is -4.17. The highest BCUT2D eigenvalue weighted by Gasteiger charge is 2.35. The molecule has 0 aromatic heterocycles. The molecule has 0 saturated carbocycles. The van der Waals surface area contributed by atoms with Gasteiger partial charge in [-0.1, -0.05) is 72.8 Å². The molecule has 3 aromatic carbocycles. The summed E-state index contributed by atoms with van der Waals surface area (Å²) >= 11 is 0. The van der Waals surface area contributed by atoms with Gasteiger partial charge in [0.15, 0.2) is 5.96 Å². The average Bonchev–Trinajstić information content (AvgIpc) is 2.87. The lowest BCUT2D eigenvalue weighted by atomic mass is 9.89. The summed E-state index contributed by atoms with van der Waals surface area (Å²) in [7, 11) is 0. The van der Waals surface area contributed by atoms with Crippen molar-refractivity contribution in [3.63, 3.8) is 0 Å². The van der Waals surface area contributed by atoms with Crippen LogP contribution in [0.4, 0.5) is 5.69 Å². The second-order valence-corrected chi connectivity index (χ2v) is 8.15. The van der Waals surface area contributed by atoms with Crippen molar-refractivity contribution >= 4 is 23.5 Å². The Morgan fingerprint density at radius 1 is 0.829 bits per heavy atom. The maximum atomic E-state index is 14.3. The van der Waals surface area contributed by atoms with Gasteiger partial charge in [-0.25, -0.2) is 0 Å². The van der Waals surface area contributed by atoms with Crippen LogP contribution in [0.1, 0.15) is 35.4 Å². The van der Waals surface area contributed by atoms with Gasteiger partial charge >= 0.3 is 0 Å². The zero-order valence-corrected chi connectivity index (χ0v) is 19.5. The van der Waals surface area contributed by atoms with E-state index in [9.17, 15) is 14.7 Å². The quantitative estimate of drug-likeness (QED) is 0.191. The summed E-state index contributed by atoms with van der Waals surface area (Å²) in [6.07, 6.45) is 0.723. The molecule has 3 rings (SSSR count). The molecule has 0 aliphatic heterocycles. The SMILES string of the molecule is NC(=O)[C@@H](CCCN=C(N)N)N(C(=O)C(c1ccccc1)c1ccccc1)c1ccc(CO)cc1. The first-order chi connectivity index (χ1) is 16.9. The van der Waals surface area contributed by atoms with E-state index in [0.29, 0.717) is 24.2 Å². The number of benzene rings is 3. The fourth-order valence-electron chi connectivity index (χ4n) is 4.02. The number of primary amides is 1. The molecule has 0 aliphatic carbocycles. The Bertz CT molecular complexity index is 1090. The van der Waals surface area contributed by atoms with E-state index in [1.54, 1.807) is 24.3 Å². The van der Waals surface area contributed by atoms with Crippen molar-refractivity contribution in [3.8, 4) is 0 Å². The van der Waals surface area contributed by atoms with Crippen molar-refractivity contribution in [1.82, 2.24) is 0 Å². The Morgan fingerprint density at radius 3 is 1.83 bits per heavy atom. The van der Waals surface area contributed by atoms with Crippen molar-refractivity contribution in [2.75, 3.05) is 11.4 Å². The molecule has 0 radical (unpaired) electrons. The largest absolute Gasteiger partial charge is 0.392 e. The molecule has 0 bridgehead atoms. The molecule has 35 heavy (non-hydrogen) atoms. The average molecular weight is 474 g/mol. The number of nitrogens with zero attached hydrogens (tertiary/aromatic N) is 2. The normalized spacial score (nSPS) is 11.6. The Labute approximate surface area is 205 Å². The minimum absolute atomic E-state index is 0.0404. The van der Waals surface area contributed by atoms with Crippen LogP contribution < -0.4 is 22.1 Å². The number of guanidine groups is 1. The molecule has 2 amide bonds. The Balaban J connectivity index is 2.08. The summed E-state index contributed by atoms with van der Waals surface area (Å²) in [4.78, 5) is 32.4. The van der Waals surface area contributed by atoms with E-state index in [1.165, 1.54) is 4.90 Å². The number of anilines is 1. The van der Waals surface area contributed by atoms with Gasteiger partial charge in [0.2, 0.25) is 11.8 Å². The number of amides is 2. The third kappa shape index (κ3) is 6.68. The lowest BCUT2D eigenvalue weighted by Gasteiger charge is -2.33. The molecule has 3 aromatic rings. The molecule has 8 heteroatoms. The number of aliphatic hydroxyl groups excluding tert-OH is 1. The van der Waals surface area contributed by atoms with E-state index in [2.05, 4.69) is 4.99 Å². The summed E-state index contributed by atoms with van der Waals surface area (Å²) in [6, 6.07) is 24.8. The number of hydrogen-bond acceptors (Lipinski definition) is 4. The Kier molecular flexibility index (Phi) is 8.97. The molecular formula is C27H31N5O3. The fourth-order valence-corrected chi connectivity index (χ4v) is 4.02. The molecule has 0 saturated heterocycles. The molecule has 0 spiro atoms. The molecule has 182 valence electrons. The standard InChI is InChI=1S/C27H31N5O3/c28-25(34)23(12-7-17-31-27(29)30)32(22-15-13-19(18-33)14-16-22)26(35)24(20-8-3-1-4-9-20)21-10-5-2-6-11-21/h1-6,8-11,13-16,23-24,33H,7,12,17-18H2,(H2,28,34)(H4,29,30,31)/t23-/m1/s1. The van der Waals surface area contributed by atoms with Gasteiger partial charge in [0.25, 0.3) is 0 Å². The van der Waals surface area contributed by atoms with Crippen LogP contribution in [0, 0.1) is 0 Å². The second kappa shape index (κ2) is 12.3. The lowest BCUT2D eigenvalue weighted by Crippen LogP contribution is -2.50. The summed E-state index contributed by atoms with van der Waals surface area (Å²) in [5.74, 6) is -1.62. The van der Waals surface area contributed by atoms with Crippen LogP contribution in [0.3, 0.4) is 0 Å². The third-order valence-corrected chi connectivity index (χ3v) is 5.72. The molecule has 0 fully saturated rings. The minimum atomic E-state index is -0.924. The van der Waals surface area contributed by atoms with E-state index in [1.807, 2.05) is 60.7 Å². The fraction of sp³-hybridized carbons (Fsp3) is 0.222. The van der Waals surface area contributed by atoms with Gasteiger partial charge in [0.1, 0.15) is 6.04 Å². The summed E-state index contributed by atoms with van der Waals surface area (Å²) < 4.78 is 0. The first kappa shape index (κ1) is 25.5. The van der Waals surface area contributed by atoms with E-state index in [0.717, 1.165) is 11.1 Å². The number of hydrogen-bond donors (Lipinski definition) is 4. The number of aliphatic hydroxyl groups is 1. The molecule has 0 heterocycles. The molecule has 0 aliphatic rings. The van der Waals surface area contributed by atoms with Gasteiger partial charge in [-0.3, -0.25) is 19.5 Å². The maximum absolute atomic E-state index is 14.3. The number of carbonyl (C=O) groups excluding carboxylic acids is 2. The number of rotatable bonds is 11. The molecule has 8 nitrogen and oxygen atoms in total. The van der Waals surface area contributed by atoms with E-state index >= 15 is 0 Å². The molecule has 0 unspecified atom stereocenters. The number of nitrogens with two attached hydrogens (primary N) is 3. The van der Waals surface area contributed by atoms with Crippen molar-refractivity contribution in [2.45, 2.75) is 31.4 Å². The molecule has 7 N–H and O–H groups in total. The molecule has 1 atom stereocenters. The predicted octanol–water partition coefficient (Wildman–Crippen LogP) is 2.25. The van der Waals surface area contributed by atoms with Crippen LogP contribution >= 0.6 is 0 Å². The number of carbonyl (C=O) groups is 2. The topological polar surface area (TPSA) is 148 Å². The maximum Gasteiger partial charge on any atom is 0.240 e. The third-order valence-electron chi connectivity index (χ3n) is 5.72. The lowest BCUT2D eigenvalue weighted by molar-refractivity contribution is -0.125. The zero-order chi connectivity index (χ0) is 25.2. The van der Waals surface area contributed by atoms with E-state index in [4.69, 9.17) is 17.2 Å². The second-order valence-electron chi connectivity index (χ2n) is 8.15. The first-order valence-corrected chi connectivity index (χ1v) is 11.4. The minimum Gasteiger partial charge on any atom is -0.392 e. The van der Waals surface area contributed by atoms with Crippen LogP contribution in [-0.4, -0.2) is 35.5 Å². The molecular weight excluding hydrogens is 442 g/mol. The van der Waals surface area contributed by atoms with Crippen molar-refractivity contribution in [3.05, 3.63) is 102 Å². The van der Waals surface area contributed by atoms with Crippen LogP contribution in [0.25, 0.3) is 0 Å². The van der Waals surface area contributed by atoms with Crippen LogP contribution in [-0.2, 0) is 16.2 Å². The van der Waals surface area contributed by atoms with E-state index in [-0.39, 0.29) is 24.9 Å². The van der Waals surface area contributed by atoms with Gasteiger partial charge in [-0.2, -0.15) is 0 Å². The van der Waals surface area contributed by atoms with E-state index < -0.39 is 17.9 Å². The zero-order valence-electron chi connectivity index (χ0n) is 19.5. The van der Waals surface area contributed by atoms with Gasteiger partial charge in [0, 0.05) is 12.2 Å². The summed E-state index contributed by atoms with van der Waals surface area (Å²) in [6.45, 7) is 0.168. The van der Waals surface area contributed by atoms with Gasteiger partial charge in [0.05, 0.1) is 12.5 Å². The van der Waals surface area contributed by atoms with Crippen LogP contribution in [0.2, 0.25) is 0 Å². The van der Waals surface area contributed by atoms with Crippen LogP contribution in [0.5, 0.6) is 0 Å². The summed E-state index contributed by atoms with van der Waals surface area (Å²) in [5.41, 5.74) is 19.4. The summed E-state index contributed by atoms with van der Waals surface area (Å²) in [5, 5.41) is 9.46. The van der Waals surface area contributed by atoms with Crippen LogP contribution in [0.15, 0.2) is 89.9 Å². The van der Waals surface area contributed by atoms with Gasteiger partial charge in [-0.05, 0) is 41.7 Å². The van der Waals surface area contributed by atoms with Crippen molar-refractivity contribution in [1.29, 1.82) is 0 Å². The highest BCUT2D eigenvalue weighted by Crippen LogP contribution is 2.31. The number of aliphatic imine (C=N–C) groups is 1. The first-order valence-electron chi connectivity index (χ1n) is 11.4. The highest BCUT2D eigenvalue weighted by atomic mass is 16.3. The van der Waals surface area contributed by atoms with Gasteiger partial charge in [-0.15, -0.1) is 0 Å². The highest BCUT2D eigenvalue weighted by molar-refractivity contribution is 6.05. The van der Waals surface area contributed by atoms with Gasteiger partial charge < -0.3 is 22.3 Å².